The van der Waals surface area contributed by atoms with E-state index < -0.39 is 21.9 Å². The van der Waals surface area contributed by atoms with E-state index in [1.165, 1.54) is 135 Å². The fourth-order valence-electron chi connectivity index (χ4n) is 8.30. The Morgan fingerprint density at radius 1 is 0.500 bits per heavy atom. The molecule has 26 nitrogen and oxygen atoms in total. The summed E-state index contributed by atoms with van der Waals surface area (Å²) in [5.74, 6) is -1.43. The van der Waals surface area contributed by atoms with Crippen molar-refractivity contribution in [2.45, 2.75) is 60.8 Å². The van der Waals surface area contributed by atoms with Crippen molar-refractivity contribution in [1.82, 2.24) is 35.1 Å². The van der Waals surface area contributed by atoms with Crippen LogP contribution in [-0.2, 0) is 0 Å². The van der Waals surface area contributed by atoms with Crippen molar-refractivity contribution in [2.75, 3.05) is 74.2 Å². The lowest BCUT2D eigenvalue weighted by molar-refractivity contribution is -0.384. The molecule has 0 unspecified atom stereocenters. The first-order valence-electron chi connectivity index (χ1n) is 27.6. The average molecular weight is 1370 g/mol. The molecule has 0 bridgehead atoms. The Morgan fingerprint density at radius 2 is 0.830 bits per heavy atom. The number of hydrogen-bond acceptors (Lipinski definition) is 19. The molecule has 7 heterocycles. The molecule has 502 valence electrons. The maximum atomic E-state index is 13.0. The normalized spacial score (nSPS) is 12.1. The van der Waals surface area contributed by atoms with Crippen LogP contribution in [0.25, 0.3) is 33.8 Å². The number of nitrogen functional groups attached to an aromatic ring is 3. The van der Waals surface area contributed by atoms with Gasteiger partial charge in [0.25, 0.3) is 0 Å². The number of nitrogens with one attached hydrogen (secondary N) is 3. The smallest absolute Gasteiger partial charge is 0.423 e. The molecule has 0 saturated carbocycles. The second kappa shape index (κ2) is 40.6. The van der Waals surface area contributed by atoms with Crippen molar-refractivity contribution in [3.63, 3.8) is 0 Å². The van der Waals surface area contributed by atoms with Gasteiger partial charge >= 0.3 is 36.2 Å². The summed E-state index contributed by atoms with van der Waals surface area (Å²) >= 11 is 3.03. The summed E-state index contributed by atoms with van der Waals surface area (Å²) in [4.78, 5) is 73.7. The molecule has 12 N–H and O–H groups in total. The molecule has 0 radical (unpaired) electrons. The monoisotopic (exact) mass is 1370 g/mol. The predicted octanol–water partition coefficient (Wildman–Crippen LogP) is 11.6. The molecular weight excluding hydrogens is 1300 g/mol. The molecule has 4 aromatic heterocycles. The molecule has 32 heteroatoms. The van der Waals surface area contributed by atoms with Crippen LogP contribution in [0.2, 0.25) is 0 Å². The molecule has 4 aromatic carbocycles. The minimum absolute atomic E-state index is 0. The zero-order valence-electron chi connectivity index (χ0n) is 48.7. The number of pyridine rings is 4. The van der Waals surface area contributed by atoms with Crippen molar-refractivity contribution < 1.29 is 57.1 Å². The number of hydrogen-bond donors (Lipinski definition) is 9. The summed E-state index contributed by atoms with van der Waals surface area (Å²) in [5.41, 5.74) is 21.0. The van der Waals surface area contributed by atoms with Gasteiger partial charge in [0.05, 0.1) is 49.4 Å². The number of carbonyl (C=O) groups excluding carboxylic acids is 2. The first-order chi connectivity index (χ1) is 43.6. The number of halogens is 5. The summed E-state index contributed by atoms with van der Waals surface area (Å²) in [7, 11) is -0.513. The number of nitro groups is 3. The van der Waals surface area contributed by atoms with E-state index in [4.69, 9.17) is 32.4 Å². The van der Waals surface area contributed by atoms with Gasteiger partial charge in [0.15, 0.2) is 0 Å². The van der Waals surface area contributed by atoms with E-state index in [9.17, 15) is 57.5 Å². The van der Waals surface area contributed by atoms with Crippen LogP contribution in [0.1, 0.15) is 60.8 Å². The standard InChI is InChI=1S/C16H15FN4O3.C16H17FN4O.C11H8FN3O2.C6H6BFO2.C5H4BrN3O2.C4H9N.CH4O.3CH4/c17-12-5-3-11(4-6-12)13-9-14(15(10-18-13)21(23)24)19-16(22)20-7-1-2-8-20;17-12-5-3-11(4-6-12)14-9-15(13(18)10-19-14)20-16(22)21-7-1-2-8-21;12-8-3-1-7(2-4-8)10-5-9(13)11(6-14-10)15(16)17;8-6-3-1-5(2-4-6)7(9)10;6-5-1-3(7)4(2-8-5)9(10)11;1-2-4-5-3-1;1-2;;;/h3-6,9-10H,1-2,7-8H2,(H,18,19,22);3-6,9-10H,1-2,7-8,18H2,(H,19,20,22);1-6H,(H2,13,14);1-4,9-10H;1-2H,(H2,7,8);5H,1-4H2;2H,1H3;3*1H4. The molecule has 3 saturated heterocycles. The van der Waals surface area contributed by atoms with E-state index >= 15 is 0 Å². The van der Waals surface area contributed by atoms with Gasteiger partial charge in [-0.1, -0.05) is 34.4 Å². The van der Waals surface area contributed by atoms with Gasteiger partial charge in [-0.15, -0.1) is 0 Å². The summed E-state index contributed by atoms with van der Waals surface area (Å²) in [6, 6.07) is 27.6. The Balaban J connectivity index is 0.000000398. The van der Waals surface area contributed by atoms with Gasteiger partial charge in [-0.3, -0.25) is 35.3 Å². The van der Waals surface area contributed by atoms with E-state index in [0.29, 0.717) is 62.7 Å². The highest BCUT2D eigenvalue weighted by atomic mass is 79.9. The Morgan fingerprint density at radius 3 is 1.18 bits per heavy atom. The largest absolute Gasteiger partial charge is 0.488 e. The third-order valence-corrected chi connectivity index (χ3v) is 13.5. The minimum atomic E-state index is -1.51. The van der Waals surface area contributed by atoms with Crippen molar-refractivity contribution in [1.29, 1.82) is 0 Å². The Hall–Kier alpha value is -10.3. The van der Waals surface area contributed by atoms with Gasteiger partial charge in [0.2, 0.25) is 0 Å². The third-order valence-electron chi connectivity index (χ3n) is 13.0. The van der Waals surface area contributed by atoms with Gasteiger partial charge < -0.3 is 58.1 Å². The summed E-state index contributed by atoms with van der Waals surface area (Å²) in [6.07, 6.45) is 11.5. The molecule has 0 spiro atoms. The second-order valence-electron chi connectivity index (χ2n) is 19.4. The van der Waals surface area contributed by atoms with Crippen LogP contribution in [0.15, 0.2) is 151 Å². The van der Waals surface area contributed by atoms with Crippen LogP contribution in [0.5, 0.6) is 0 Å². The molecule has 0 atom stereocenters. The fraction of sp³-hybridized carbons (Fsp3) is 0.258. The quantitative estimate of drug-likeness (QED) is 0.0213. The van der Waals surface area contributed by atoms with Crippen LogP contribution < -0.4 is 38.6 Å². The van der Waals surface area contributed by atoms with Gasteiger partial charge in [0.1, 0.15) is 63.5 Å². The number of carbonyl (C=O) groups is 2. The summed E-state index contributed by atoms with van der Waals surface area (Å²) in [5, 5.41) is 64.6. The van der Waals surface area contributed by atoms with Crippen LogP contribution in [0.3, 0.4) is 0 Å². The predicted molar refractivity (Wildman–Crippen MR) is 360 cm³/mol. The highest BCUT2D eigenvalue weighted by molar-refractivity contribution is 9.10. The van der Waals surface area contributed by atoms with Crippen molar-refractivity contribution in [2.24, 2.45) is 0 Å². The number of aliphatic hydroxyl groups is 1. The molecular formula is C62H75BBrF4N15O11. The van der Waals surface area contributed by atoms with E-state index in [-0.39, 0.29) is 91.7 Å². The first-order valence-corrected chi connectivity index (χ1v) is 28.4. The minimum Gasteiger partial charge on any atom is -0.423 e. The first kappa shape index (κ1) is 79.8. The molecule has 0 aliphatic carbocycles. The maximum Gasteiger partial charge on any atom is 0.488 e. The van der Waals surface area contributed by atoms with E-state index in [2.05, 4.69) is 51.8 Å². The zero-order chi connectivity index (χ0) is 66.6. The summed E-state index contributed by atoms with van der Waals surface area (Å²) in [6.45, 7) is 5.30. The lowest BCUT2D eigenvalue weighted by Gasteiger charge is -2.17. The highest BCUT2D eigenvalue weighted by Crippen LogP contribution is 2.31. The Kier molecular flexibility index (Phi) is 34.4. The summed E-state index contributed by atoms with van der Waals surface area (Å²) < 4.78 is 51.4. The molecule has 3 aliphatic heterocycles. The number of nitrogens with zero attached hydrogens (tertiary/aromatic N) is 9. The van der Waals surface area contributed by atoms with Crippen molar-refractivity contribution in [3.05, 3.63) is 204 Å². The van der Waals surface area contributed by atoms with Gasteiger partial charge in [-0.05, 0) is 176 Å². The number of anilines is 5. The zero-order valence-corrected chi connectivity index (χ0v) is 50.3. The molecule has 3 aliphatic rings. The van der Waals surface area contributed by atoms with Gasteiger partial charge in [-0.2, -0.15) is 0 Å². The number of amides is 4. The van der Waals surface area contributed by atoms with Gasteiger partial charge in [-0.25, -0.2) is 42.1 Å². The fourth-order valence-corrected chi connectivity index (χ4v) is 8.65. The molecule has 3 fully saturated rings. The maximum absolute atomic E-state index is 13.0. The highest BCUT2D eigenvalue weighted by Gasteiger charge is 2.24. The number of urea groups is 2. The van der Waals surface area contributed by atoms with Crippen molar-refractivity contribution >= 4 is 86.1 Å². The average Bonchev–Trinajstić information content (AvgIpc) is 1.12. The molecule has 8 aromatic rings. The van der Waals surface area contributed by atoms with Crippen LogP contribution in [-0.4, -0.2) is 125 Å². The molecule has 94 heavy (non-hydrogen) atoms. The van der Waals surface area contributed by atoms with Gasteiger partial charge in [0, 0.05) is 56.0 Å². The van der Waals surface area contributed by atoms with E-state index in [1.807, 2.05) is 0 Å². The van der Waals surface area contributed by atoms with Crippen LogP contribution in [0.4, 0.5) is 72.6 Å². The van der Waals surface area contributed by atoms with E-state index in [1.54, 1.807) is 28.0 Å². The molecule has 4 amide bonds. The van der Waals surface area contributed by atoms with Crippen LogP contribution in [0, 0.1) is 53.6 Å². The molecule has 11 rings (SSSR count). The van der Waals surface area contributed by atoms with Crippen molar-refractivity contribution in [3.8, 4) is 33.8 Å². The second-order valence-corrected chi connectivity index (χ2v) is 20.2. The SMILES string of the molecule is C.C.C.C1CCNC1.CO.Nc1cc(-c2ccc(F)cc2)ncc1[N+](=O)[O-].Nc1cc(Br)ncc1[N+](=O)[O-].Nc1cnc(-c2ccc(F)cc2)cc1NC(=O)N1CCCC1.O=C(Nc1cc(-c2ccc(F)cc2)ncc1[N+](=O)[O-])N1CCCC1.OB(O)c1ccc(F)cc1. The third kappa shape index (κ3) is 25.4. The van der Waals surface area contributed by atoms with E-state index in [0.717, 1.165) is 70.0 Å². The topological polar surface area (TPSA) is 396 Å². The number of nitrogens with two attached hydrogens (primary N) is 3. The van der Waals surface area contributed by atoms with Crippen LogP contribution >= 0.6 is 15.9 Å². The number of aliphatic hydroxyl groups excluding tert-OH is 1. The lowest BCUT2D eigenvalue weighted by Crippen LogP contribution is -2.32. The number of likely N-dealkylation sites (tertiary alicyclic amines) is 2. The lowest BCUT2D eigenvalue weighted by atomic mass is 9.80. The number of rotatable bonds is 9. The number of benzene rings is 4. The Labute approximate surface area is 549 Å². The number of aromatic nitrogens is 4. The Bertz CT molecular complexity index is 3690.